The Kier molecular flexibility index (Phi) is 4.77. The van der Waals surface area contributed by atoms with Crippen molar-refractivity contribution in [2.45, 2.75) is 44.4 Å². The van der Waals surface area contributed by atoms with Crippen molar-refractivity contribution in [3.63, 3.8) is 0 Å². The van der Waals surface area contributed by atoms with Crippen LogP contribution in [0.3, 0.4) is 0 Å². The summed E-state index contributed by atoms with van der Waals surface area (Å²) >= 11 is 0. The maximum absolute atomic E-state index is 13.8. The topological polar surface area (TPSA) is 37.4 Å². The summed E-state index contributed by atoms with van der Waals surface area (Å²) < 4.78 is 0. The molecule has 0 spiro atoms. The molecule has 8 unspecified atom stereocenters. The highest BCUT2D eigenvalue weighted by Gasteiger charge is 2.66. The highest BCUT2D eigenvalue weighted by molar-refractivity contribution is 6.06. The minimum atomic E-state index is -0.502. The fraction of sp³-hybridized carbons (Fsp3) is 0.615. The van der Waals surface area contributed by atoms with E-state index in [0.29, 0.717) is 17.8 Å². The van der Waals surface area contributed by atoms with Gasteiger partial charge < -0.3 is 4.90 Å². The molecule has 1 aromatic carbocycles. The Labute approximate surface area is 174 Å². The lowest BCUT2D eigenvalue weighted by Gasteiger charge is -2.43. The zero-order valence-corrected chi connectivity index (χ0v) is 17.3. The molecule has 0 aliphatic heterocycles. The standard InChI is InChI=1S/C26H31NO2/c1-3-15-27(2)26(29)24-23-19-14-8-12-16-11-7-13-18(20(16)19)22(23)21(25(24)28)17-9-5-4-6-10-17/h1,4-6,9-10,16,18-24H,7-8,11-15H2,2H3. The van der Waals surface area contributed by atoms with Crippen molar-refractivity contribution in [2.75, 3.05) is 13.6 Å². The summed E-state index contributed by atoms with van der Waals surface area (Å²) in [6.45, 7) is 0.274. The van der Waals surface area contributed by atoms with Crippen LogP contribution in [0.15, 0.2) is 30.3 Å². The number of hydrogen-bond donors (Lipinski definition) is 0. The van der Waals surface area contributed by atoms with Crippen LogP contribution in [-0.2, 0) is 9.59 Å². The third kappa shape index (κ3) is 2.79. The summed E-state index contributed by atoms with van der Waals surface area (Å²) in [4.78, 5) is 28.9. The second kappa shape index (κ2) is 7.31. The smallest absolute Gasteiger partial charge is 0.234 e. The zero-order chi connectivity index (χ0) is 20.1. The van der Waals surface area contributed by atoms with Crippen LogP contribution < -0.4 is 0 Å². The first kappa shape index (κ1) is 18.9. The Morgan fingerprint density at radius 2 is 1.69 bits per heavy atom. The van der Waals surface area contributed by atoms with Gasteiger partial charge in [-0.05, 0) is 53.9 Å². The molecule has 4 aliphatic rings. The number of rotatable bonds is 3. The van der Waals surface area contributed by atoms with Gasteiger partial charge in [0.25, 0.3) is 0 Å². The van der Waals surface area contributed by atoms with Gasteiger partial charge in [0.05, 0.1) is 6.54 Å². The number of ketones is 1. The minimum absolute atomic E-state index is 0.0397. The molecule has 1 amide bonds. The van der Waals surface area contributed by atoms with Gasteiger partial charge in [0.15, 0.2) is 5.78 Å². The van der Waals surface area contributed by atoms with Crippen LogP contribution in [-0.4, -0.2) is 30.2 Å². The normalized spacial score (nSPS) is 40.1. The Hall–Kier alpha value is -2.08. The van der Waals surface area contributed by atoms with Crippen molar-refractivity contribution >= 4 is 11.7 Å². The van der Waals surface area contributed by atoms with Crippen LogP contribution in [0.25, 0.3) is 0 Å². The largest absolute Gasteiger partial charge is 0.334 e. The van der Waals surface area contributed by atoms with Crippen molar-refractivity contribution in [1.82, 2.24) is 4.90 Å². The van der Waals surface area contributed by atoms with Crippen LogP contribution >= 0.6 is 0 Å². The summed E-state index contributed by atoms with van der Waals surface area (Å²) in [5.74, 6) is 5.28. The molecule has 4 saturated carbocycles. The number of Topliss-reactive ketones (excluding diaryl/α,β-unsaturated/α-hetero) is 1. The monoisotopic (exact) mass is 389 g/mol. The summed E-state index contributed by atoms with van der Waals surface area (Å²) in [6.07, 6.45) is 13.1. The van der Waals surface area contributed by atoms with E-state index in [2.05, 4.69) is 18.1 Å². The average molecular weight is 390 g/mol. The van der Waals surface area contributed by atoms with Gasteiger partial charge in [0, 0.05) is 13.0 Å². The van der Waals surface area contributed by atoms with Crippen LogP contribution in [0.2, 0.25) is 0 Å². The van der Waals surface area contributed by atoms with Crippen molar-refractivity contribution < 1.29 is 9.59 Å². The van der Waals surface area contributed by atoms with E-state index in [0.717, 1.165) is 17.4 Å². The molecular formula is C26H31NO2. The van der Waals surface area contributed by atoms with Crippen LogP contribution in [0, 0.1) is 53.8 Å². The number of hydrogen-bond acceptors (Lipinski definition) is 2. The lowest BCUT2D eigenvalue weighted by molar-refractivity contribution is -0.141. The highest BCUT2D eigenvalue weighted by atomic mass is 16.2. The molecule has 1 aromatic rings. The van der Waals surface area contributed by atoms with Gasteiger partial charge in [0.1, 0.15) is 5.92 Å². The van der Waals surface area contributed by atoms with Crippen molar-refractivity contribution in [1.29, 1.82) is 0 Å². The quantitative estimate of drug-likeness (QED) is 0.576. The average Bonchev–Trinajstić information content (AvgIpc) is 3.22. The van der Waals surface area contributed by atoms with Gasteiger partial charge in [-0.2, -0.15) is 0 Å². The lowest BCUT2D eigenvalue weighted by atomic mass is 9.62. The zero-order valence-electron chi connectivity index (χ0n) is 17.3. The van der Waals surface area contributed by atoms with Crippen molar-refractivity contribution in [2.24, 2.45) is 41.4 Å². The van der Waals surface area contributed by atoms with E-state index < -0.39 is 5.92 Å². The molecule has 5 rings (SSSR count). The van der Waals surface area contributed by atoms with E-state index in [9.17, 15) is 9.59 Å². The van der Waals surface area contributed by atoms with Crippen molar-refractivity contribution in [3.05, 3.63) is 35.9 Å². The fourth-order valence-corrected chi connectivity index (χ4v) is 7.93. The van der Waals surface area contributed by atoms with E-state index >= 15 is 0 Å². The molecule has 8 atom stereocenters. The Morgan fingerprint density at radius 3 is 2.34 bits per heavy atom. The predicted molar refractivity (Wildman–Crippen MR) is 113 cm³/mol. The maximum atomic E-state index is 13.8. The van der Waals surface area contributed by atoms with Gasteiger partial charge in [-0.25, -0.2) is 0 Å². The molecule has 4 fully saturated rings. The minimum Gasteiger partial charge on any atom is -0.334 e. The van der Waals surface area contributed by atoms with Gasteiger partial charge in [-0.15, -0.1) is 6.42 Å². The molecule has 0 bridgehead atoms. The SMILES string of the molecule is C#CCN(C)C(=O)C1C(=O)C(c2ccccc2)C2C3CCCC4CCCC(C43)C12. The van der Waals surface area contributed by atoms with Crippen LogP contribution in [0.1, 0.15) is 50.0 Å². The molecule has 0 N–H and O–H groups in total. The third-order valence-corrected chi connectivity index (χ3v) is 8.70. The van der Waals surface area contributed by atoms with Gasteiger partial charge in [0.2, 0.25) is 5.91 Å². The molecule has 152 valence electrons. The summed E-state index contributed by atoms with van der Waals surface area (Å²) in [6, 6.07) is 10.3. The number of carbonyl (C=O) groups is 2. The summed E-state index contributed by atoms with van der Waals surface area (Å²) in [5.41, 5.74) is 1.11. The lowest BCUT2D eigenvalue weighted by Crippen LogP contribution is -2.42. The van der Waals surface area contributed by atoms with E-state index in [4.69, 9.17) is 6.42 Å². The first-order chi connectivity index (χ1) is 14.1. The summed E-state index contributed by atoms with van der Waals surface area (Å²) in [5, 5.41) is 0. The number of nitrogens with zero attached hydrogens (tertiary/aromatic N) is 1. The maximum Gasteiger partial charge on any atom is 0.234 e. The number of terminal acetylenes is 1. The number of amides is 1. The van der Waals surface area contributed by atoms with Gasteiger partial charge in [-0.3, -0.25) is 9.59 Å². The molecule has 3 heteroatoms. The fourth-order valence-electron chi connectivity index (χ4n) is 7.93. The Morgan fingerprint density at radius 1 is 1.03 bits per heavy atom. The molecular weight excluding hydrogens is 358 g/mol. The van der Waals surface area contributed by atoms with Crippen LogP contribution in [0.4, 0.5) is 0 Å². The Balaban J connectivity index is 1.59. The molecule has 29 heavy (non-hydrogen) atoms. The first-order valence-electron chi connectivity index (χ1n) is 11.4. The molecule has 0 radical (unpaired) electrons. The number of benzene rings is 1. The van der Waals surface area contributed by atoms with Crippen molar-refractivity contribution in [3.8, 4) is 12.3 Å². The van der Waals surface area contributed by atoms with Gasteiger partial charge in [-0.1, -0.05) is 61.9 Å². The highest BCUT2D eigenvalue weighted by Crippen LogP contribution is 2.67. The third-order valence-electron chi connectivity index (χ3n) is 8.70. The Bertz CT molecular complexity index is 838. The molecule has 0 heterocycles. The molecule has 3 nitrogen and oxygen atoms in total. The van der Waals surface area contributed by atoms with E-state index in [1.165, 1.54) is 38.5 Å². The molecule has 0 aromatic heterocycles. The first-order valence-corrected chi connectivity index (χ1v) is 11.4. The van der Waals surface area contributed by atoms with Crippen LogP contribution in [0.5, 0.6) is 0 Å². The van der Waals surface area contributed by atoms with E-state index in [1.54, 1.807) is 11.9 Å². The number of carbonyl (C=O) groups excluding carboxylic acids is 2. The molecule has 0 saturated heterocycles. The molecule has 4 aliphatic carbocycles. The second-order valence-corrected chi connectivity index (χ2v) is 9.85. The van der Waals surface area contributed by atoms with E-state index in [-0.39, 0.29) is 30.1 Å². The van der Waals surface area contributed by atoms with Gasteiger partial charge >= 0.3 is 0 Å². The number of fused-ring (bicyclic) bond motifs is 3. The second-order valence-electron chi connectivity index (χ2n) is 9.85. The predicted octanol–water partition coefficient (Wildman–Crippen LogP) is 4.14. The van der Waals surface area contributed by atoms with E-state index in [1.807, 2.05) is 18.2 Å². The summed E-state index contributed by atoms with van der Waals surface area (Å²) in [7, 11) is 1.76.